The summed E-state index contributed by atoms with van der Waals surface area (Å²) in [7, 11) is 4.33. The molecular formula is C26H47NO3. The van der Waals surface area contributed by atoms with Crippen LogP contribution >= 0.6 is 0 Å². The van der Waals surface area contributed by atoms with Gasteiger partial charge in [0, 0.05) is 5.41 Å². The van der Waals surface area contributed by atoms with Crippen molar-refractivity contribution in [1.82, 2.24) is 4.90 Å². The fourth-order valence-corrected chi connectivity index (χ4v) is 9.27. The zero-order valence-electron chi connectivity index (χ0n) is 20.1. The first-order chi connectivity index (χ1) is 14.0. The van der Waals surface area contributed by atoms with E-state index in [0.29, 0.717) is 35.5 Å². The third-order valence-corrected chi connectivity index (χ3v) is 11.0. The van der Waals surface area contributed by atoms with Gasteiger partial charge in [0.2, 0.25) is 0 Å². The van der Waals surface area contributed by atoms with Crippen LogP contribution in [0.4, 0.5) is 0 Å². The van der Waals surface area contributed by atoms with E-state index in [9.17, 15) is 15.3 Å². The highest BCUT2D eigenvalue weighted by Crippen LogP contribution is 2.69. The topological polar surface area (TPSA) is 63.9 Å². The van der Waals surface area contributed by atoms with Crippen LogP contribution in [-0.4, -0.2) is 52.8 Å². The Morgan fingerprint density at radius 2 is 1.63 bits per heavy atom. The number of aliphatic hydroxyl groups is 3. The molecule has 1 unspecified atom stereocenters. The highest BCUT2D eigenvalue weighted by Gasteiger charge is 2.67. The van der Waals surface area contributed by atoms with Crippen molar-refractivity contribution < 1.29 is 15.3 Å². The average Bonchev–Trinajstić information content (AvgIpc) is 3.03. The summed E-state index contributed by atoms with van der Waals surface area (Å²) in [6.07, 6.45) is 10.4. The lowest BCUT2D eigenvalue weighted by Crippen LogP contribution is -2.68. The van der Waals surface area contributed by atoms with E-state index in [1.165, 1.54) is 45.1 Å². The van der Waals surface area contributed by atoms with Crippen molar-refractivity contribution in [2.24, 2.45) is 46.3 Å². The van der Waals surface area contributed by atoms with Gasteiger partial charge in [0.05, 0.1) is 0 Å². The van der Waals surface area contributed by atoms with Crippen molar-refractivity contribution in [1.29, 1.82) is 0 Å². The van der Waals surface area contributed by atoms with Gasteiger partial charge in [0.1, 0.15) is 6.10 Å². The molecule has 3 N–H and O–H groups in total. The molecule has 4 nitrogen and oxygen atoms in total. The molecule has 0 radical (unpaired) electrons. The predicted octanol–water partition coefficient (Wildman–Crippen LogP) is 4.27. The third-order valence-electron chi connectivity index (χ3n) is 11.0. The summed E-state index contributed by atoms with van der Waals surface area (Å²) in [5, 5.41) is 32.8. The molecule has 0 saturated heterocycles. The maximum atomic E-state index is 11.1. The summed E-state index contributed by atoms with van der Waals surface area (Å²) < 4.78 is 0. The van der Waals surface area contributed by atoms with E-state index in [1.807, 2.05) is 0 Å². The van der Waals surface area contributed by atoms with Gasteiger partial charge in [-0.2, -0.15) is 0 Å². The second-order valence-electron chi connectivity index (χ2n) is 12.4. The largest absolute Gasteiger partial charge is 0.387 e. The second-order valence-corrected chi connectivity index (χ2v) is 12.4. The van der Waals surface area contributed by atoms with Gasteiger partial charge < -0.3 is 20.2 Å². The molecule has 0 amide bonds. The number of hydrogen-bond donors (Lipinski definition) is 3. The minimum atomic E-state index is -1.94. The van der Waals surface area contributed by atoms with E-state index in [4.69, 9.17) is 0 Å². The van der Waals surface area contributed by atoms with E-state index in [2.05, 4.69) is 39.8 Å². The van der Waals surface area contributed by atoms with Gasteiger partial charge >= 0.3 is 0 Å². The molecule has 0 aromatic heterocycles. The summed E-state index contributed by atoms with van der Waals surface area (Å²) in [4.78, 5) is 2.30. The Bertz CT molecular complexity index is 621. The summed E-state index contributed by atoms with van der Waals surface area (Å²) in [5.74, 6) is 1.62. The molecule has 9 atom stereocenters. The Morgan fingerprint density at radius 1 is 0.933 bits per heavy atom. The Morgan fingerprint density at radius 3 is 2.33 bits per heavy atom. The highest BCUT2D eigenvalue weighted by molar-refractivity contribution is 5.13. The summed E-state index contributed by atoms with van der Waals surface area (Å²) in [5.41, 5.74) is -0.160. The van der Waals surface area contributed by atoms with Crippen LogP contribution in [0.3, 0.4) is 0 Å². The van der Waals surface area contributed by atoms with Crippen LogP contribution in [0.2, 0.25) is 0 Å². The van der Waals surface area contributed by atoms with Crippen LogP contribution < -0.4 is 0 Å². The molecule has 0 aliphatic heterocycles. The molecule has 0 aromatic rings. The smallest absolute Gasteiger partial charge is 0.195 e. The summed E-state index contributed by atoms with van der Waals surface area (Å²) >= 11 is 0. The number of nitrogens with zero attached hydrogens (tertiary/aromatic N) is 1. The van der Waals surface area contributed by atoms with Gasteiger partial charge in [-0.05, 0) is 126 Å². The average molecular weight is 422 g/mol. The maximum absolute atomic E-state index is 11.1. The predicted molar refractivity (Wildman–Crippen MR) is 121 cm³/mol. The Hall–Kier alpha value is -0.160. The van der Waals surface area contributed by atoms with Crippen molar-refractivity contribution in [3.63, 3.8) is 0 Å². The molecule has 174 valence electrons. The van der Waals surface area contributed by atoms with Crippen LogP contribution in [0.25, 0.3) is 0 Å². The standard InChI is InChI=1S/C26H47NO3/c1-17(7-6-16-27(4)5)20-11-12-21-19-10-8-18-9-13-23(28)26(29,30)25(18,3)22(19)14-15-24(20,21)2/h17-23,28-30H,6-16H2,1-5H3/t17-,18-,19+,20-,21+,22+,23?,24-,25+/m1/s1. The van der Waals surface area contributed by atoms with Crippen molar-refractivity contribution in [3.8, 4) is 0 Å². The molecule has 4 saturated carbocycles. The van der Waals surface area contributed by atoms with Crippen LogP contribution in [0, 0.1) is 46.3 Å². The minimum absolute atomic E-state index is 0.335. The maximum Gasteiger partial charge on any atom is 0.195 e. The highest BCUT2D eigenvalue weighted by atomic mass is 16.5. The Balaban J connectivity index is 1.53. The third kappa shape index (κ3) is 3.31. The van der Waals surface area contributed by atoms with Gasteiger partial charge in [-0.3, -0.25) is 0 Å². The lowest BCUT2D eigenvalue weighted by Gasteiger charge is -2.64. The van der Waals surface area contributed by atoms with Crippen LogP contribution in [-0.2, 0) is 0 Å². The quantitative estimate of drug-likeness (QED) is 0.580. The molecule has 4 rings (SSSR count). The monoisotopic (exact) mass is 421 g/mol. The van der Waals surface area contributed by atoms with Gasteiger partial charge in [-0.1, -0.05) is 20.8 Å². The number of hydrogen-bond acceptors (Lipinski definition) is 4. The lowest BCUT2D eigenvalue weighted by molar-refractivity contribution is -0.349. The lowest BCUT2D eigenvalue weighted by atomic mass is 9.43. The van der Waals surface area contributed by atoms with E-state index in [-0.39, 0.29) is 0 Å². The van der Waals surface area contributed by atoms with E-state index in [1.54, 1.807) is 0 Å². The molecule has 30 heavy (non-hydrogen) atoms. The number of rotatable bonds is 5. The first kappa shape index (κ1) is 23.0. The van der Waals surface area contributed by atoms with E-state index in [0.717, 1.165) is 31.1 Å². The van der Waals surface area contributed by atoms with Crippen LogP contribution in [0.5, 0.6) is 0 Å². The van der Waals surface area contributed by atoms with Crippen LogP contribution in [0.1, 0.15) is 85.0 Å². The minimum Gasteiger partial charge on any atom is -0.387 e. The molecule has 4 aliphatic carbocycles. The molecule has 4 fully saturated rings. The van der Waals surface area contributed by atoms with Crippen molar-refractivity contribution in [2.75, 3.05) is 20.6 Å². The second kappa shape index (κ2) is 8.01. The SMILES string of the molecule is C[C@H](CCCN(C)C)[C@H]1CC[C@H]2[C@@H]3CC[C@@H]4CCC(O)C(O)(O)[C@]4(C)[C@H]3CC[C@]12C. The molecule has 0 heterocycles. The Labute approximate surface area is 184 Å². The molecule has 4 heteroatoms. The van der Waals surface area contributed by atoms with Gasteiger partial charge in [-0.15, -0.1) is 0 Å². The molecule has 0 aromatic carbocycles. The van der Waals surface area contributed by atoms with Gasteiger partial charge in [0.25, 0.3) is 0 Å². The van der Waals surface area contributed by atoms with Gasteiger partial charge in [-0.25, -0.2) is 0 Å². The fourth-order valence-electron chi connectivity index (χ4n) is 9.27. The zero-order chi connectivity index (χ0) is 21.9. The molecular weight excluding hydrogens is 374 g/mol. The summed E-state index contributed by atoms with van der Waals surface area (Å²) in [6, 6.07) is 0. The zero-order valence-corrected chi connectivity index (χ0v) is 20.1. The normalized spacial score (nSPS) is 48.7. The Kier molecular flexibility index (Phi) is 6.14. The first-order valence-corrected chi connectivity index (χ1v) is 12.8. The van der Waals surface area contributed by atoms with Crippen LogP contribution in [0.15, 0.2) is 0 Å². The molecule has 0 spiro atoms. The fraction of sp³-hybridized carbons (Fsp3) is 1.00. The molecule has 0 bridgehead atoms. The summed E-state index contributed by atoms with van der Waals surface area (Å²) in [6.45, 7) is 8.35. The van der Waals surface area contributed by atoms with E-state index < -0.39 is 17.3 Å². The first-order valence-electron chi connectivity index (χ1n) is 12.8. The van der Waals surface area contributed by atoms with Crippen molar-refractivity contribution in [2.45, 2.75) is 96.9 Å². The van der Waals surface area contributed by atoms with Crippen molar-refractivity contribution in [3.05, 3.63) is 0 Å². The van der Waals surface area contributed by atoms with E-state index >= 15 is 0 Å². The number of aliphatic hydroxyl groups excluding tert-OH is 1. The van der Waals surface area contributed by atoms with Crippen molar-refractivity contribution >= 4 is 0 Å². The number of fused-ring (bicyclic) bond motifs is 5. The molecule has 4 aliphatic rings. The van der Waals surface area contributed by atoms with Gasteiger partial charge in [0.15, 0.2) is 5.79 Å².